The number of anilines is 3. The number of carbonyl (C=O) groups excluding carboxylic acids is 1. The molecule has 3 heterocycles. The molecule has 0 aliphatic heterocycles. The summed E-state index contributed by atoms with van der Waals surface area (Å²) in [6.45, 7) is -1.62. The Bertz CT molecular complexity index is 2240. The second-order valence-electron chi connectivity index (χ2n) is 7.83. The van der Waals surface area contributed by atoms with Gasteiger partial charge in [0.1, 0.15) is 1.37 Å². The number of carbonyl (C=O) groups is 1. The highest BCUT2D eigenvalue weighted by Crippen LogP contribution is 2.33. The van der Waals surface area contributed by atoms with Crippen molar-refractivity contribution in [2.75, 3.05) is 10.6 Å². The van der Waals surface area contributed by atoms with E-state index in [1.165, 1.54) is 19.2 Å². The molecule has 0 fully saturated rings. The fraction of sp³-hybridized carbons (Fsp3) is 0.107. The van der Waals surface area contributed by atoms with Crippen molar-refractivity contribution in [3.63, 3.8) is 0 Å². The third kappa shape index (κ3) is 5.93. The molecule has 2 aromatic carbocycles. The Morgan fingerprint density at radius 1 is 1.15 bits per heavy atom. The van der Waals surface area contributed by atoms with Crippen LogP contribution in [0.3, 0.4) is 0 Å². The van der Waals surface area contributed by atoms with Crippen LogP contribution in [0.2, 0.25) is 0 Å². The SMILES string of the molecule is [2H]c1nc([2H])c(-c2ccnc(Nc3c([2H])c(C(=O)Nc4cc(-n5c([2H])nc(C([2H])([2H])[2H])c5[2H])cc(C(F)(F)F)c4)c([2H])c([2H])c3C)n2)c([2H])c1[2H]. The molecule has 0 radical (unpaired) electrons. The minimum absolute atomic E-state index is 0.0240. The Kier molecular flexibility index (Phi) is 3.92. The molecule has 0 spiro atoms. The molecule has 0 saturated heterocycles. The lowest BCUT2D eigenvalue weighted by Gasteiger charge is -2.14. The van der Waals surface area contributed by atoms with Crippen LogP contribution in [0.25, 0.3) is 16.9 Å². The first-order chi connectivity index (χ1) is 23.6. The summed E-state index contributed by atoms with van der Waals surface area (Å²) in [5.74, 6) is -1.57. The number of nitrogens with one attached hydrogen (secondary N) is 2. The van der Waals surface area contributed by atoms with Crippen molar-refractivity contribution in [3.05, 3.63) is 108 Å². The third-order valence-electron chi connectivity index (χ3n) is 5.08. The number of alkyl halides is 3. The maximum atomic E-state index is 14.0. The van der Waals surface area contributed by atoms with E-state index in [1.807, 2.05) is 0 Å². The molecule has 2 N–H and O–H groups in total. The van der Waals surface area contributed by atoms with Gasteiger partial charge in [-0.15, -0.1) is 0 Å². The van der Waals surface area contributed by atoms with E-state index in [-0.39, 0.29) is 28.5 Å². The fourth-order valence-electron chi connectivity index (χ4n) is 3.28. The molecule has 5 aromatic rings. The van der Waals surface area contributed by atoms with E-state index in [1.54, 1.807) is 0 Å². The number of hydrogen-bond acceptors (Lipinski definition) is 6. The molecule has 11 heteroatoms. The monoisotopic (exact) mass is 541 g/mol. The third-order valence-corrected chi connectivity index (χ3v) is 5.08. The highest BCUT2D eigenvalue weighted by Gasteiger charge is 2.31. The second-order valence-corrected chi connectivity index (χ2v) is 7.83. The van der Waals surface area contributed by atoms with Gasteiger partial charge in [-0.2, -0.15) is 13.2 Å². The Balaban J connectivity index is 1.56. The van der Waals surface area contributed by atoms with Crippen molar-refractivity contribution in [3.8, 4) is 16.9 Å². The first-order valence-corrected chi connectivity index (χ1v) is 10.9. The molecule has 0 atom stereocenters. The minimum atomic E-state index is -5.03. The van der Waals surface area contributed by atoms with Gasteiger partial charge in [0.2, 0.25) is 5.95 Å². The summed E-state index contributed by atoms with van der Waals surface area (Å²) < 4.78 is 139. The number of hydrogen-bond donors (Lipinski definition) is 2. The molecular weight excluding hydrogens is 507 g/mol. The Labute approximate surface area is 238 Å². The van der Waals surface area contributed by atoms with Crippen LogP contribution in [0, 0.1) is 13.8 Å². The molecule has 0 bridgehead atoms. The van der Waals surface area contributed by atoms with Gasteiger partial charge in [0.15, 0.2) is 0 Å². The summed E-state index contributed by atoms with van der Waals surface area (Å²) in [5.41, 5.74) is -4.63. The number of nitrogens with zero attached hydrogens (tertiary/aromatic N) is 5. The highest BCUT2D eigenvalue weighted by molar-refractivity contribution is 6.05. The van der Waals surface area contributed by atoms with Gasteiger partial charge < -0.3 is 15.2 Å². The van der Waals surface area contributed by atoms with E-state index in [0.717, 1.165) is 6.07 Å². The number of aryl methyl sites for hydroxylation is 1. The van der Waals surface area contributed by atoms with Crippen LogP contribution in [-0.4, -0.2) is 30.4 Å². The van der Waals surface area contributed by atoms with Crippen LogP contribution in [-0.2, 0) is 6.18 Å². The van der Waals surface area contributed by atoms with Crippen molar-refractivity contribution in [1.29, 1.82) is 0 Å². The van der Waals surface area contributed by atoms with Crippen LogP contribution in [0.4, 0.5) is 30.5 Å². The molecule has 1 amide bonds. The minimum Gasteiger partial charge on any atom is -0.324 e. The van der Waals surface area contributed by atoms with E-state index in [0.29, 0.717) is 16.7 Å². The lowest BCUT2D eigenvalue weighted by atomic mass is 10.1. The number of benzene rings is 2. The van der Waals surface area contributed by atoms with Gasteiger partial charge in [0, 0.05) is 57.0 Å². The molecule has 39 heavy (non-hydrogen) atoms. The second kappa shape index (κ2) is 10.4. The van der Waals surface area contributed by atoms with Crippen LogP contribution in [0.5, 0.6) is 0 Å². The Hall–Kier alpha value is -5.06. The van der Waals surface area contributed by atoms with E-state index >= 15 is 0 Å². The fourth-order valence-corrected chi connectivity index (χ4v) is 3.28. The summed E-state index contributed by atoms with van der Waals surface area (Å²) in [6.07, 6.45) is -6.69. The predicted octanol–water partition coefficient (Wildman–Crippen LogP) is 6.36. The van der Waals surface area contributed by atoms with Gasteiger partial charge in [-0.1, -0.05) is 6.04 Å². The molecule has 5 rings (SSSR count). The maximum absolute atomic E-state index is 14.0. The standard InChI is InChI=1S/C28H22F3N7O/c1-17-5-6-19(10-25(17)37-27-33-9-7-24(36-27)20-4-3-8-32-14-20)26(39)35-22-11-21(28(29,30)31)12-23(13-22)38-15-18(2)34-16-38/h3-16H,1-2H3,(H,35,39)(H,33,36,37)/i2D3,3D,4D,5D,6D,8D,10D,14D,15D,16D. The van der Waals surface area contributed by atoms with Gasteiger partial charge in [0.25, 0.3) is 5.91 Å². The van der Waals surface area contributed by atoms with E-state index in [9.17, 15) is 18.0 Å². The Morgan fingerprint density at radius 3 is 2.82 bits per heavy atom. The van der Waals surface area contributed by atoms with Gasteiger partial charge in [-0.25, -0.2) is 15.0 Å². The number of pyridine rings is 1. The zero-order chi connectivity index (χ0) is 37.9. The largest absolute Gasteiger partial charge is 0.416 e. The van der Waals surface area contributed by atoms with Gasteiger partial charge in [0.05, 0.1) is 34.2 Å². The number of imidazole rings is 1. The number of halogens is 3. The quantitative estimate of drug-likeness (QED) is 0.260. The smallest absolute Gasteiger partial charge is 0.324 e. The van der Waals surface area contributed by atoms with Crippen molar-refractivity contribution < 1.29 is 34.4 Å². The lowest BCUT2D eigenvalue weighted by molar-refractivity contribution is -0.137. The average molecular weight is 542 g/mol. The highest BCUT2D eigenvalue weighted by atomic mass is 19.4. The van der Waals surface area contributed by atoms with Crippen molar-refractivity contribution in [1.82, 2.24) is 24.5 Å². The van der Waals surface area contributed by atoms with Crippen LogP contribution in [0.1, 0.15) is 43.6 Å². The van der Waals surface area contributed by atoms with E-state index in [2.05, 4.69) is 30.6 Å². The lowest BCUT2D eigenvalue weighted by Crippen LogP contribution is -2.14. The Morgan fingerprint density at radius 2 is 2.03 bits per heavy atom. The van der Waals surface area contributed by atoms with E-state index in [4.69, 9.17) is 16.4 Å². The average Bonchev–Trinajstić information content (AvgIpc) is 3.34. The topological polar surface area (TPSA) is 97.6 Å². The summed E-state index contributed by atoms with van der Waals surface area (Å²) >= 11 is 0. The summed E-state index contributed by atoms with van der Waals surface area (Å²) in [6, 6.07) is 0.148. The first kappa shape index (κ1) is 14.8. The molecule has 0 aliphatic rings. The van der Waals surface area contributed by atoms with Crippen molar-refractivity contribution in [2.45, 2.75) is 20.0 Å². The van der Waals surface area contributed by atoms with Crippen molar-refractivity contribution in [2.24, 2.45) is 0 Å². The number of amides is 1. The van der Waals surface area contributed by atoms with Gasteiger partial charge in [-0.3, -0.25) is 9.78 Å². The van der Waals surface area contributed by atoms with Crippen LogP contribution < -0.4 is 10.6 Å². The first-order valence-electron chi connectivity index (χ1n) is 16.9. The maximum Gasteiger partial charge on any atom is 0.416 e. The number of rotatable bonds is 6. The molecular formula is C28H22F3N7O. The molecule has 0 saturated carbocycles. The zero-order valence-electron chi connectivity index (χ0n) is 31.7. The summed E-state index contributed by atoms with van der Waals surface area (Å²) in [5, 5.41) is 4.82. The van der Waals surface area contributed by atoms with Gasteiger partial charge >= 0.3 is 6.18 Å². The molecule has 8 nitrogen and oxygen atoms in total. The predicted molar refractivity (Wildman–Crippen MR) is 141 cm³/mol. The molecule has 0 unspecified atom stereocenters. The van der Waals surface area contributed by atoms with Gasteiger partial charge in [-0.05, 0) is 67.8 Å². The van der Waals surface area contributed by atoms with Crippen molar-refractivity contribution >= 4 is 23.2 Å². The number of aromatic nitrogens is 5. The van der Waals surface area contributed by atoms with Crippen LogP contribution >= 0.6 is 0 Å². The summed E-state index contributed by atoms with van der Waals surface area (Å²) in [4.78, 5) is 28.9. The summed E-state index contributed by atoms with van der Waals surface area (Å²) in [7, 11) is 0. The van der Waals surface area contributed by atoms with Crippen LogP contribution in [0.15, 0.2) is 85.5 Å². The molecule has 0 aliphatic carbocycles. The zero-order valence-corrected chi connectivity index (χ0v) is 19.7. The molecule has 196 valence electrons. The molecule has 3 aromatic heterocycles. The normalized spacial score (nSPS) is 16.0. The van der Waals surface area contributed by atoms with E-state index < -0.39 is 102 Å².